The van der Waals surface area contributed by atoms with Gasteiger partial charge in [-0.3, -0.25) is 0 Å². The van der Waals surface area contributed by atoms with Crippen LogP contribution in [0.25, 0.3) is 5.70 Å². The number of likely N-dealkylation sites (N-methyl/N-ethyl adjacent to an activating group) is 1. The Kier molecular flexibility index (Phi) is 8.76. The molecule has 2 amide bonds. The highest BCUT2D eigenvalue weighted by Crippen LogP contribution is 2.26. The molecule has 0 unspecified atom stereocenters. The van der Waals surface area contributed by atoms with Gasteiger partial charge in [0.05, 0.1) is 41.5 Å². The molecular weight excluding hydrogens is 428 g/mol. The first-order valence-electron chi connectivity index (χ1n) is 11.9. The SMILES string of the molecule is Cc1nc(/C(N)=C(\CNC(=O)N(C)[C@@H](C)c2ccccc2)N(C)N)ccc1OC1CCCCC1. The average molecular weight is 467 g/mol. The number of urea groups is 1. The normalized spacial score (nSPS) is 15.8. The van der Waals surface area contributed by atoms with Gasteiger partial charge in [-0.1, -0.05) is 36.8 Å². The van der Waals surface area contributed by atoms with Crippen molar-refractivity contribution in [1.82, 2.24) is 20.2 Å². The van der Waals surface area contributed by atoms with Gasteiger partial charge in [0.1, 0.15) is 5.75 Å². The van der Waals surface area contributed by atoms with Gasteiger partial charge >= 0.3 is 6.03 Å². The molecule has 1 fully saturated rings. The van der Waals surface area contributed by atoms with Gasteiger partial charge in [-0.2, -0.15) is 0 Å². The number of hydrogen-bond acceptors (Lipinski definition) is 6. The van der Waals surface area contributed by atoms with Crippen molar-refractivity contribution in [1.29, 1.82) is 0 Å². The first-order valence-corrected chi connectivity index (χ1v) is 11.9. The van der Waals surface area contributed by atoms with Crippen molar-refractivity contribution in [2.45, 2.75) is 58.1 Å². The number of nitrogens with two attached hydrogens (primary N) is 2. The second-order valence-corrected chi connectivity index (χ2v) is 8.99. The Morgan fingerprint density at radius 3 is 2.44 bits per heavy atom. The number of carbonyl (C=O) groups excluding carboxylic acids is 1. The lowest BCUT2D eigenvalue weighted by Gasteiger charge is -2.27. The summed E-state index contributed by atoms with van der Waals surface area (Å²) in [7, 11) is 3.46. The largest absolute Gasteiger partial charge is 0.489 e. The number of ether oxygens (including phenoxy) is 1. The van der Waals surface area contributed by atoms with E-state index in [-0.39, 0.29) is 24.7 Å². The maximum absolute atomic E-state index is 12.8. The van der Waals surface area contributed by atoms with E-state index in [0.29, 0.717) is 17.1 Å². The van der Waals surface area contributed by atoms with Crippen LogP contribution in [0.4, 0.5) is 4.79 Å². The molecule has 1 aliphatic carbocycles. The predicted octanol–water partition coefficient (Wildman–Crippen LogP) is 3.94. The summed E-state index contributed by atoms with van der Waals surface area (Å²) in [6, 6.07) is 13.3. The van der Waals surface area contributed by atoms with Crippen LogP contribution in [0.2, 0.25) is 0 Å². The van der Waals surface area contributed by atoms with Crippen LogP contribution in [0, 0.1) is 6.92 Å². The lowest BCUT2D eigenvalue weighted by atomic mass is 9.98. The van der Waals surface area contributed by atoms with Crippen molar-refractivity contribution < 1.29 is 9.53 Å². The summed E-state index contributed by atoms with van der Waals surface area (Å²) < 4.78 is 6.18. The Morgan fingerprint density at radius 1 is 1.15 bits per heavy atom. The fraction of sp³-hybridized carbons (Fsp3) is 0.462. The van der Waals surface area contributed by atoms with Crippen LogP contribution in [-0.4, -0.2) is 47.7 Å². The second-order valence-electron chi connectivity index (χ2n) is 8.99. The number of nitrogens with one attached hydrogen (secondary N) is 1. The third-order valence-electron chi connectivity index (χ3n) is 6.49. The van der Waals surface area contributed by atoms with Gasteiger partial charge in [0.2, 0.25) is 0 Å². The van der Waals surface area contributed by atoms with Crippen LogP contribution in [0.1, 0.15) is 62.0 Å². The molecule has 184 valence electrons. The maximum Gasteiger partial charge on any atom is 0.317 e. The molecule has 0 saturated heterocycles. The minimum atomic E-state index is -0.219. The fourth-order valence-electron chi connectivity index (χ4n) is 4.16. The molecule has 0 radical (unpaired) electrons. The number of rotatable bonds is 8. The lowest BCUT2D eigenvalue weighted by molar-refractivity contribution is 0.153. The van der Waals surface area contributed by atoms with Crippen LogP contribution in [0.5, 0.6) is 5.75 Å². The fourth-order valence-corrected chi connectivity index (χ4v) is 4.16. The van der Waals surface area contributed by atoms with Crippen molar-refractivity contribution in [3.8, 4) is 5.75 Å². The van der Waals surface area contributed by atoms with Crippen molar-refractivity contribution >= 4 is 11.7 Å². The minimum absolute atomic E-state index is 0.0809. The maximum atomic E-state index is 12.8. The van der Waals surface area contributed by atoms with Crippen molar-refractivity contribution in [3.63, 3.8) is 0 Å². The molecule has 1 atom stereocenters. The Bertz CT molecular complexity index is 986. The average Bonchev–Trinajstić information content (AvgIpc) is 2.85. The van der Waals surface area contributed by atoms with Crippen molar-refractivity contribution in [2.75, 3.05) is 20.6 Å². The van der Waals surface area contributed by atoms with E-state index in [0.717, 1.165) is 29.8 Å². The van der Waals surface area contributed by atoms with E-state index in [1.807, 2.05) is 56.3 Å². The quantitative estimate of drug-likeness (QED) is 0.402. The zero-order valence-corrected chi connectivity index (χ0v) is 20.8. The summed E-state index contributed by atoms with van der Waals surface area (Å²) in [5.74, 6) is 6.85. The van der Waals surface area contributed by atoms with Crippen LogP contribution in [0.3, 0.4) is 0 Å². The summed E-state index contributed by atoms with van der Waals surface area (Å²) in [5, 5.41) is 4.34. The van der Waals surface area contributed by atoms with E-state index in [2.05, 4.69) is 10.3 Å². The molecule has 1 heterocycles. The molecule has 0 spiro atoms. The number of aryl methyl sites for hydroxylation is 1. The second kappa shape index (κ2) is 11.7. The Morgan fingerprint density at radius 2 is 1.82 bits per heavy atom. The Labute approximate surface area is 202 Å². The van der Waals surface area contributed by atoms with E-state index < -0.39 is 0 Å². The van der Waals surface area contributed by atoms with Crippen LogP contribution in [-0.2, 0) is 0 Å². The van der Waals surface area contributed by atoms with Gasteiger partial charge in [-0.05, 0) is 57.2 Å². The Balaban J connectivity index is 1.69. The topological polar surface area (TPSA) is 110 Å². The predicted molar refractivity (Wildman–Crippen MR) is 136 cm³/mol. The van der Waals surface area contributed by atoms with E-state index >= 15 is 0 Å². The molecule has 2 aromatic rings. The highest BCUT2D eigenvalue weighted by Gasteiger charge is 2.20. The first-order chi connectivity index (χ1) is 16.3. The zero-order chi connectivity index (χ0) is 24.7. The van der Waals surface area contributed by atoms with Crippen molar-refractivity contribution in [2.24, 2.45) is 11.6 Å². The van der Waals surface area contributed by atoms with Gasteiger partial charge in [-0.15, -0.1) is 0 Å². The van der Waals surface area contributed by atoms with E-state index in [1.165, 1.54) is 24.3 Å². The third-order valence-corrected chi connectivity index (χ3v) is 6.49. The molecule has 8 nitrogen and oxygen atoms in total. The van der Waals surface area contributed by atoms with E-state index in [4.69, 9.17) is 16.3 Å². The summed E-state index contributed by atoms with van der Waals surface area (Å²) in [5.41, 5.74) is 9.87. The van der Waals surface area contributed by atoms with Crippen molar-refractivity contribution in [3.05, 3.63) is 65.1 Å². The molecule has 0 aliphatic heterocycles. The standard InChI is InChI=1S/C26H38N6O2/c1-18-24(34-21-13-9-6-10-14-21)16-15-22(30-18)25(27)23(32(4)28)17-29-26(33)31(3)19(2)20-11-7-5-8-12-20/h5,7-8,11-12,15-16,19,21H,6,9-10,13-14,17,27-28H2,1-4H3,(H,29,33)/b25-23-/t19-/m0/s1. The first kappa shape index (κ1) is 25.4. The molecule has 1 aliphatic rings. The van der Waals surface area contributed by atoms with E-state index in [9.17, 15) is 4.79 Å². The molecule has 5 N–H and O–H groups in total. The molecule has 0 bridgehead atoms. The van der Waals surface area contributed by atoms with E-state index in [1.54, 1.807) is 19.0 Å². The molecule has 1 aromatic carbocycles. The summed E-state index contributed by atoms with van der Waals surface area (Å²) >= 11 is 0. The molecular formula is C26H38N6O2. The summed E-state index contributed by atoms with van der Waals surface area (Å²) in [6.07, 6.45) is 6.13. The summed E-state index contributed by atoms with van der Waals surface area (Å²) in [6.45, 7) is 4.08. The highest BCUT2D eigenvalue weighted by molar-refractivity contribution is 5.75. The number of pyridine rings is 1. The lowest BCUT2D eigenvalue weighted by Crippen LogP contribution is -2.42. The van der Waals surface area contributed by atoms with Gasteiger partial charge in [0, 0.05) is 14.1 Å². The summed E-state index contributed by atoms with van der Waals surface area (Å²) in [4.78, 5) is 19.1. The Hall–Kier alpha value is -3.26. The molecule has 1 aromatic heterocycles. The number of amides is 2. The number of nitrogens with zero attached hydrogens (tertiary/aromatic N) is 3. The molecule has 1 saturated carbocycles. The van der Waals surface area contributed by atoms with Gasteiger partial charge < -0.3 is 25.7 Å². The smallest absolute Gasteiger partial charge is 0.317 e. The monoisotopic (exact) mass is 466 g/mol. The minimum Gasteiger partial charge on any atom is -0.489 e. The number of hydrazine groups is 1. The zero-order valence-electron chi connectivity index (χ0n) is 20.8. The van der Waals surface area contributed by atoms with Gasteiger partial charge in [0.25, 0.3) is 0 Å². The molecule has 8 heteroatoms. The van der Waals surface area contributed by atoms with Crippen LogP contribution in [0.15, 0.2) is 48.2 Å². The van der Waals surface area contributed by atoms with Crippen LogP contribution >= 0.6 is 0 Å². The number of carbonyl (C=O) groups is 1. The molecule has 3 rings (SSSR count). The number of benzene rings is 1. The number of hydrogen-bond donors (Lipinski definition) is 3. The number of aromatic nitrogens is 1. The third kappa shape index (κ3) is 6.41. The van der Waals surface area contributed by atoms with Gasteiger partial charge in [-0.25, -0.2) is 15.6 Å². The highest BCUT2D eigenvalue weighted by atomic mass is 16.5. The van der Waals surface area contributed by atoms with Gasteiger partial charge in [0.15, 0.2) is 0 Å². The molecule has 34 heavy (non-hydrogen) atoms. The van der Waals surface area contributed by atoms with Crippen LogP contribution < -0.4 is 21.6 Å².